The average molecular weight is 174 g/mol. The Kier molecular flexibility index (Phi) is 2.16. The van der Waals surface area contributed by atoms with E-state index in [1.165, 1.54) is 6.26 Å². The fourth-order valence-electron chi connectivity index (χ4n) is 0.828. The average Bonchev–Trinajstić information content (AvgIpc) is 2.60. The third-order valence-electron chi connectivity index (χ3n) is 1.61. The van der Waals surface area contributed by atoms with Crippen LogP contribution in [0, 0.1) is 11.3 Å². The minimum atomic E-state index is -2.86. The molecule has 1 rings (SSSR count). The lowest BCUT2D eigenvalue weighted by Gasteiger charge is -1.97. The van der Waals surface area contributed by atoms with Crippen molar-refractivity contribution < 1.29 is 8.42 Å². The summed E-state index contributed by atoms with van der Waals surface area (Å²) < 4.78 is 21.3. The summed E-state index contributed by atoms with van der Waals surface area (Å²) in [5.41, 5.74) is 0. The third-order valence-corrected chi connectivity index (χ3v) is 2.54. The highest BCUT2D eigenvalue weighted by atomic mass is 32.2. The van der Waals surface area contributed by atoms with Gasteiger partial charge in [-0.3, -0.25) is 4.90 Å². The van der Waals surface area contributed by atoms with Crippen molar-refractivity contribution >= 4 is 9.84 Å². The van der Waals surface area contributed by atoms with Gasteiger partial charge in [0, 0.05) is 19.3 Å². The van der Waals surface area contributed by atoms with Gasteiger partial charge in [0.05, 0.1) is 11.8 Å². The molecule has 62 valence electrons. The van der Waals surface area contributed by atoms with Gasteiger partial charge in [-0.1, -0.05) is 0 Å². The Bertz CT molecular complexity index is 277. The number of rotatable bonds is 3. The predicted molar refractivity (Wildman–Crippen MR) is 40.7 cm³/mol. The first-order valence-corrected chi connectivity index (χ1v) is 5.40. The lowest BCUT2D eigenvalue weighted by atomic mass is 10.5. The van der Waals surface area contributed by atoms with Gasteiger partial charge in [-0.2, -0.15) is 5.26 Å². The molecule has 0 spiro atoms. The van der Waals surface area contributed by atoms with Crippen LogP contribution >= 0.6 is 0 Å². The summed E-state index contributed by atoms with van der Waals surface area (Å²) in [5, 5.41) is 8.36. The van der Waals surface area contributed by atoms with Crippen molar-refractivity contribution in [2.45, 2.75) is 6.04 Å². The molecule has 2 unspecified atom stereocenters. The molecule has 1 saturated heterocycles. The second kappa shape index (κ2) is 2.80. The summed E-state index contributed by atoms with van der Waals surface area (Å²) in [7, 11) is -2.86. The molecule has 0 saturated carbocycles. The standard InChI is InChI=1S/C6H10N2O2S/c1-11(9,10)3-2-8-5-6(8)4-7/h6H,2-3,5H2,1H3. The molecule has 11 heavy (non-hydrogen) atoms. The van der Waals surface area contributed by atoms with Crippen LogP contribution in [0.1, 0.15) is 0 Å². The van der Waals surface area contributed by atoms with Gasteiger partial charge in [-0.05, 0) is 0 Å². The third kappa shape index (κ3) is 2.87. The first kappa shape index (κ1) is 8.50. The molecule has 5 heteroatoms. The molecule has 0 radical (unpaired) electrons. The molecule has 4 nitrogen and oxygen atoms in total. The summed E-state index contributed by atoms with van der Waals surface area (Å²) in [6.07, 6.45) is 1.21. The van der Waals surface area contributed by atoms with Gasteiger partial charge >= 0.3 is 0 Å². The van der Waals surface area contributed by atoms with Gasteiger partial charge in [0.1, 0.15) is 15.9 Å². The van der Waals surface area contributed by atoms with E-state index < -0.39 is 9.84 Å². The first-order valence-electron chi connectivity index (χ1n) is 3.34. The normalized spacial score (nSPS) is 29.5. The maximum Gasteiger partial charge on any atom is 0.148 e. The van der Waals surface area contributed by atoms with Crippen LogP contribution < -0.4 is 0 Å². The van der Waals surface area contributed by atoms with E-state index in [1.54, 1.807) is 0 Å². The Labute approximate surface area is 66.3 Å². The van der Waals surface area contributed by atoms with Crippen molar-refractivity contribution in [2.24, 2.45) is 0 Å². The number of hydrogen-bond donors (Lipinski definition) is 0. The highest BCUT2D eigenvalue weighted by Gasteiger charge is 2.33. The molecule has 0 aromatic heterocycles. The highest BCUT2D eigenvalue weighted by molar-refractivity contribution is 7.90. The fourth-order valence-corrected chi connectivity index (χ4v) is 1.39. The van der Waals surface area contributed by atoms with Crippen molar-refractivity contribution in [2.75, 3.05) is 25.1 Å². The number of hydrogen-bond acceptors (Lipinski definition) is 4. The second-order valence-corrected chi connectivity index (χ2v) is 5.03. The van der Waals surface area contributed by atoms with Crippen LogP contribution in [0.4, 0.5) is 0 Å². The molecule has 0 aliphatic carbocycles. The molecule has 0 amide bonds. The molecule has 1 aliphatic heterocycles. The van der Waals surface area contributed by atoms with E-state index in [-0.39, 0.29) is 11.8 Å². The van der Waals surface area contributed by atoms with Crippen LogP contribution in [0.2, 0.25) is 0 Å². The van der Waals surface area contributed by atoms with Crippen LogP contribution in [0.15, 0.2) is 0 Å². The summed E-state index contributed by atoms with van der Waals surface area (Å²) in [5.74, 6) is 0.158. The zero-order valence-electron chi connectivity index (χ0n) is 6.32. The molecule has 1 heterocycles. The second-order valence-electron chi connectivity index (χ2n) is 2.77. The molecule has 2 atom stereocenters. The van der Waals surface area contributed by atoms with Gasteiger partial charge in [0.15, 0.2) is 0 Å². The zero-order valence-corrected chi connectivity index (χ0v) is 7.13. The van der Waals surface area contributed by atoms with Gasteiger partial charge in [-0.15, -0.1) is 0 Å². The summed E-state index contributed by atoms with van der Waals surface area (Å²) in [6.45, 7) is 1.23. The molecule has 1 fully saturated rings. The summed E-state index contributed by atoms with van der Waals surface area (Å²) in [4.78, 5) is 1.83. The Morgan fingerprint density at radius 3 is 2.73 bits per heavy atom. The van der Waals surface area contributed by atoms with Crippen molar-refractivity contribution in [3.05, 3.63) is 0 Å². The smallest absolute Gasteiger partial charge is 0.148 e. The Balaban J connectivity index is 2.23. The number of nitriles is 1. The lowest BCUT2D eigenvalue weighted by Crippen LogP contribution is -2.14. The van der Waals surface area contributed by atoms with E-state index >= 15 is 0 Å². The number of nitrogens with zero attached hydrogens (tertiary/aromatic N) is 2. The Morgan fingerprint density at radius 2 is 2.36 bits per heavy atom. The number of sulfone groups is 1. The van der Waals surface area contributed by atoms with E-state index in [0.717, 1.165) is 6.54 Å². The van der Waals surface area contributed by atoms with Gasteiger partial charge in [0.2, 0.25) is 0 Å². The first-order chi connectivity index (χ1) is 5.03. The fraction of sp³-hybridized carbons (Fsp3) is 0.833. The minimum Gasteiger partial charge on any atom is -0.283 e. The lowest BCUT2D eigenvalue weighted by molar-refractivity contribution is 0.552. The van der Waals surface area contributed by atoms with E-state index in [2.05, 4.69) is 6.07 Å². The maximum atomic E-state index is 10.6. The van der Waals surface area contributed by atoms with Gasteiger partial charge < -0.3 is 0 Å². The van der Waals surface area contributed by atoms with Crippen molar-refractivity contribution in [3.8, 4) is 6.07 Å². The zero-order chi connectivity index (χ0) is 8.48. The minimum absolute atomic E-state index is 0.0308. The van der Waals surface area contributed by atoms with Crippen molar-refractivity contribution in [3.63, 3.8) is 0 Å². The molecule has 0 bridgehead atoms. The summed E-state index contributed by atoms with van der Waals surface area (Å²) >= 11 is 0. The monoisotopic (exact) mass is 174 g/mol. The van der Waals surface area contributed by atoms with E-state index in [0.29, 0.717) is 6.54 Å². The highest BCUT2D eigenvalue weighted by Crippen LogP contribution is 2.14. The molecule has 0 N–H and O–H groups in total. The SMILES string of the molecule is CS(=O)(=O)CCN1CC1C#N. The molecular weight excluding hydrogens is 164 g/mol. The van der Waals surface area contributed by atoms with E-state index in [9.17, 15) is 8.42 Å². The van der Waals surface area contributed by atoms with Crippen LogP contribution in [-0.2, 0) is 9.84 Å². The van der Waals surface area contributed by atoms with Crippen LogP contribution in [0.5, 0.6) is 0 Å². The van der Waals surface area contributed by atoms with Crippen LogP contribution in [0.25, 0.3) is 0 Å². The Hall–Kier alpha value is -0.600. The van der Waals surface area contributed by atoms with Crippen molar-refractivity contribution in [1.29, 1.82) is 5.26 Å². The van der Waals surface area contributed by atoms with Gasteiger partial charge in [-0.25, -0.2) is 8.42 Å². The molecule has 0 aromatic rings. The quantitative estimate of drug-likeness (QED) is 0.528. The van der Waals surface area contributed by atoms with Crippen molar-refractivity contribution in [1.82, 2.24) is 4.90 Å². The van der Waals surface area contributed by atoms with Crippen LogP contribution in [-0.4, -0.2) is 44.5 Å². The van der Waals surface area contributed by atoms with E-state index in [1.807, 2.05) is 4.90 Å². The van der Waals surface area contributed by atoms with Crippen LogP contribution in [0.3, 0.4) is 0 Å². The topological polar surface area (TPSA) is 60.9 Å². The molecule has 1 aliphatic rings. The molecular formula is C6H10N2O2S. The Morgan fingerprint density at radius 1 is 1.73 bits per heavy atom. The predicted octanol–water partition coefficient (Wildman–Crippen LogP) is -0.761. The summed E-state index contributed by atoms with van der Waals surface area (Å²) in [6, 6.07) is 2.03. The molecule has 0 aromatic carbocycles. The van der Waals surface area contributed by atoms with E-state index in [4.69, 9.17) is 5.26 Å². The largest absolute Gasteiger partial charge is 0.283 e. The van der Waals surface area contributed by atoms with Gasteiger partial charge in [0.25, 0.3) is 0 Å². The maximum absolute atomic E-state index is 10.6.